The Morgan fingerprint density at radius 3 is 2.43 bits per heavy atom. The van der Waals surface area contributed by atoms with Crippen molar-refractivity contribution in [2.24, 2.45) is 5.10 Å². The Balaban J connectivity index is 1.94. The highest BCUT2D eigenvalue weighted by molar-refractivity contribution is 5.95. The van der Waals surface area contributed by atoms with Crippen molar-refractivity contribution in [1.29, 1.82) is 0 Å². The summed E-state index contributed by atoms with van der Waals surface area (Å²) in [6.07, 6.45) is 3.52. The van der Waals surface area contributed by atoms with Crippen LogP contribution in [-0.2, 0) is 0 Å². The van der Waals surface area contributed by atoms with Gasteiger partial charge in [-0.2, -0.15) is 5.10 Å². The smallest absolute Gasteiger partial charge is 0.267 e. The van der Waals surface area contributed by atoms with Crippen LogP contribution in [0.1, 0.15) is 22.8 Å². The molecule has 0 unspecified atom stereocenters. The Labute approximate surface area is 122 Å². The molecular formula is C17H15FN2O. The van der Waals surface area contributed by atoms with Crippen molar-refractivity contribution in [2.75, 3.05) is 0 Å². The minimum Gasteiger partial charge on any atom is -0.267 e. The van der Waals surface area contributed by atoms with E-state index in [0.29, 0.717) is 5.56 Å². The molecule has 0 saturated heterocycles. The molecule has 0 fully saturated rings. The van der Waals surface area contributed by atoms with Gasteiger partial charge in [-0.25, -0.2) is 9.82 Å². The highest BCUT2D eigenvalue weighted by Crippen LogP contribution is 2.05. The minimum atomic E-state index is -0.378. The molecule has 3 nitrogen and oxygen atoms in total. The summed E-state index contributed by atoms with van der Waals surface area (Å²) in [7, 11) is 0. The summed E-state index contributed by atoms with van der Waals surface area (Å²) < 4.78 is 12.7. The Bertz CT molecular complexity index is 661. The van der Waals surface area contributed by atoms with Gasteiger partial charge in [0.15, 0.2) is 0 Å². The fraction of sp³-hybridized carbons (Fsp3) is 0.0588. The molecule has 0 heterocycles. The fourth-order valence-electron chi connectivity index (χ4n) is 1.71. The lowest BCUT2D eigenvalue weighted by molar-refractivity contribution is 0.0955. The van der Waals surface area contributed by atoms with Gasteiger partial charge in [-0.05, 0) is 42.3 Å². The molecule has 0 radical (unpaired) electrons. The first-order valence-corrected chi connectivity index (χ1v) is 6.47. The molecule has 0 bridgehead atoms. The molecule has 21 heavy (non-hydrogen) atoms. The normalized spacial score (nSPS) is 11.6. The van der Waals surface area contributed by atoms with E-state index >= 15 is 0 Å². The van der Waals surface area contributed by atoms with Gasteiger partial charge in [-0.1, -0.05) is 36.4 Å². The second-order valence-electron chi connectivity index (χ2n) is 4.51. The number of nitrogens with one attached hydrogen (secondary N) is 1. The number of allylic oxidation sites excluding steroid dienone is 1. The summed E-state index contributed by atoms with van der Waals surface area (Å²) in [4.78, 5) is 11.7. The Morgan fingerprint density at radius 2 is 1.76 bits per heavy atom. The number of rotatable bonds is 4. The predicted molar refractivity (Wildman–Crippen MR) is 82.5 cm³/mol. The number of nitrogens with zero attached hydrogens (tertiary/aromatic N) is 1. The lowest BCUT2D eigenvalue weighted by atomic mass is 10.1. The van der Waals surface area contributed by atoms with E-state index in [0.717, 1.165) is 11.1 Å². The van der Waals surface area contributed by atoms with E-state index in [-0.39, 0.29) is 11.7 Å². The number of carbonyl (C=O) groups is 1. The second kappa shape index (κ2) is 7.14. The highest BCUT2D eigenvalue weighted by Gasteiger charge is 2.03. The van der Waals surface area contributed by atoms with Gasteiger partial charge in [-0.3, -0.25) is 4.79 Å². The lowest BCUT2D eigenvalue weighted by Gasteiger charge is -1.99. The average Bonchev–Trinajstić information content (AvgIpc) is 2.49. The topological polar surface area (TPSA) is 41.5 Å². The monoisotopic (exact) mass is 282 g/mol. The summed E-state index contributed by atoms with van der Waals surface area (Å²) in [5.74, 6) is -0.754. The molecule has 0 aliphatic heterocycles. The van der Waals surface area contributed by atoms with Gasteiger partial charge in [-0.15, -0.1) is 0 Å². The maximum absolute atomic E-state index is 12.7. The van der Waals surface area contributed by atoms with Crippen LogP contribution in [0.25, 0.3) is 6.08 Å². The third-order valence-corrected chi connectivity index (χ3v) is 2.73. The first-order chi connectivity index (χ1) is 10.1. The van der Waals surface area contributed by atoms with Gasteiger partial charge in [0.05, 0.1) is 6.21 Å². The van der Waals surface area contributed by atoms with E-state index in [1.54, 1.807) is 6.21 Å². The molecule has 2 aromatic rings. The first-order valence-electron chi connectivity index (χ1n) is 6.47. The molecule has 0 spiro atoms. The summed E-state index contributed by atoms with van der Waals surface area (Å²) in [5, 5.41) is 3.88. The molecule has 0 aliphatic carbocycles. The van der Waals surface area contributed by atoms with Gasteiger partial charge >= 0.3 is 0 Å². The summed E-state index contributed by atoms with van der Waals surface area (Å²) in [6.45, 7) is 1.89. The van der Waals surface area contributed by atoms with E-state index in [2.05, 4.69) is 10.5 Å². The highest BCUT2D eigenvalue weighted by atomic mass is 19.1. The van der Waals surface area contributed by atoms with Crippen LogP contribution in [0.4, 0.5) is 4.39 Å². The van der Waals surface area contributed by atoms with Crippen molar-refractivity contribution in [2.45, 2.75) is 6.92 Å². The van der Waals surface area contributed by atoms with Gasteiger partial charge in [0.25, 0.3) is 5.91 Å². The molecule has 1 N–H and O–H groups in total. The SMILES string of the molecule is CC(/C=N\NC(=O)c1ccc(F)cc1)=C\c1ccccc1. The molecular weight excluding hydrogens is 267 g/mol. The Hall–Kier alpha value is -2.75. The molecule has 0 atom stereocenters. The number of benzene rings is 2. The van der Waals surface area contributed by atoms with Crippen LogP contribution in [0, 0.1) is 5.82 Å². The number of hydrazone groups is 1. The Kier molecular flexibility index (Phi) is 4.99. The number of halogens is 1. The minimum absolute atomic E-state index is 0.359. The van der Waals surface area contributed by atoms with Crippen LogP contribution in [-0.4, -0.2) is 12.1 Å². The van der Waals surface area contributed by atoms with E-state index in [4.69, 9.17) is 0 Å². The third-order valence-electron chi connectivity index (χ3n) is 2.73. The van der Waals surface area contributed by atoms with Crippen LogP contribution in [0.2, 0.25) is 0 Å². The van der Waals surface area contributed by atoms with Gasteiger partial charge in [0.1, 0.15) is 5.82 Å². The quantitative estimate of drug-likeness (QED) is 0.675. The maximum Gasteiger partial charge on any atom is 0.271 e. The van der Waals surface area contributed by atoms with Crippen molar-refractivity contribution in [3.8, 4) is 0 Å². The van der Waals surface area contributed by atoms with Crippen molar-refractivity contribution >= 4 is 18.2 Å². The van der Waals surface area contributed by atoms with Crippen molar-refractivity contribution in [3.63, 3.8) is 0 Å². The zero-order valence-corrected chi connectivity index (χ0v) is 11.6. The zero-order chi connectivity index (χ0) is 15.1. The van der Waals surface area contributed by atoms with Gasteiger partial charge < -0.3 is 0 Å². The molecule has 1 amide bonds. The fourth-order valence-corrected chi connectivity index (χ4v) is 1.71. The molecule has 0 saturated carbocycles. The van der Waals surface area contributed by atoms with E-state index in [9.17, 15) is 9.18 Å². The standard InChI is InChI=1S/C17H15FN2O/c1-13(11-14-5-3-2-4-6-14)12-19-20-17(21)15-7-9-16(18)10-8-15/h2-12H,1H3,(H,20,21)/b13-11+,19-12-. The van der Waals surface area contributed by atoms with Crippen LogP contribution in [0.15, 0.2) is 65.3 Å². The molecule has 2 rings (SSSR count). The molecule has 0 aromatic heterocycles. The van der Waals surface area contributed by atoms with Crippen LogP contribution in [0.3, 0.4) is 0 Å². The summed E-state index contributed by atoms with van der Waals surface area (Å²) in [5.41, 5.74) is 4.73. The molecule has 0 aliphatic rings. The molecule has 2 aromatic carbocycles. The largest absolute Gasteiger partial charge is 0.271 e. The number of amides is 1. The third kappa shape index (κ3) is 4.69. The second-order valence-corrected chi connectivity index (χ2v) is 4.51. The van der Waals surface area contributed by atoms with E-state index in [1.807, 2.05) is 43.3 Å². The first kappa shape index (κ1) is 14.7. The summed E-state index contributed by atoms with van der Waals surface area (Å²) in [6, 6.07) is 15.1. The summed E-state index contributed by atoms with van der Waals surface area (Å²) >= 11 is 0. The van der Waals surface area contributed by atoms with E-state index in [1.165, 1.54) is 24.3 Å². The van der Waals surface area contributed by atoms with Crippen LogP contribution >= 0.6 is 0 Å². The van der Waals surface area contributed by atoms with Crippen molar-refractivity contribution in [1.82, 2.24) is 5.43 Å². The van der Waals surface area contributed by atoms with Gasteiger partial charge in [0, 0.05) is 5.56 Å². The number of hydrogen-bond acceptors (Lipinski definition) is 2. The predicted octanol–water partition coefficient (Wildman–Crippen LogP) is 3.64. The zero-order valence-electron chi connectivity index (χ0n) is 11.6. The lowest BCUT2D eigenvalue weighted by Crippen LogP contribution is -2.17. The van der Waals surface area contributed by atoms with Crippen LogP contribution in [0.5, 0.6) is 0 Å². The van der Waals surface area contributed by atoms with E-state index < -0.39 is 0 Å². The van der Waals surface area contributed by atoms with Crippen LogP contribution < -0.4 is 5.43 Å². The molecule has 4 heteroatoms. The van der Waals surface area contributed by atoms with Gasteiger partial charge in [0.2, 0.25) is 0 Å². The average molecular weight is 282 g/mol. The van der Waals surface area contributed by atoms with Crippen molar-refractivity contribution in [3.05, 3.63) is 77.1 Å². The number of carbonyl (C=O) groups excluding carboxylic acids is 1. The van der Waals surface area contributed by atoms with Crippen molar-refractivity contribution < 1.29 is 9.18 Å². The maximum atomic E-state index is 12.7. The molecule has 106 valence electrons. The Morgan fingerprint density at radius 1 is 1.10 bits per heavy atom. The number of hydrogen-bond donors (Lipinski definition) is 1.